The Hall–Kier alpha value is -0.450. The smallest absolute Gasteiger partial charge is 0.0940 e. The number of hydrogen-bond acceptors (Lipinski definition) is 4. The van der Waals surface area contributed by atoms with Crippen molar-refractivity contribution in [1.29, 1.82) is 0 Å². The summed E-state index contributed by atoms with van der Waals surface area (Å²) in [6.45, 7) is 2.11. The molecule has 1 aromatic heterocycles. The van der Waals surface area contributed by atoms with E-state index in [1.807, 2.05) is 18.6 Å². The molecule has 4 heteroatoms. The van der Waals surface area contributed by atoms with Gasteiger partial charge in [-0.2, -0.15) is 0 Å². The maximum Gasteiger partial charge on any atom is 0.0940 e. The van der Waals surface area contributed by atoms with Crippen molar-refractivity contribution in [2.24, 2.45) is 0 Å². The molecule has 0 aliphatic heterocycles. The van der Waals surface area contributed by atoms with Gasteiger partial charge in [0.15, 0.2) is 0 Å². The zero-order chi connectivity index (χ0) is 11.1. The summed E-state index contributed by atoms with van der Waals surface area (Å²) in [7, 11) is 3.77. The van der Waals surface area contributed by atoms with Gasteiger partial charge in [-0.05, 0) is 26.8 Å². The van der Waals surface area contributed by atoms with Crippen molar-refractivity contribution in [2.75, 3.05) is 14.2 Å². The van der Waals surface area contributed by atoms with Gasteiger partial charge in [-0.25, -0.2) is 4.98 Å². The average Bonchev–Trinajstić information content (AvgIpc) is 2.76. The Morgan fingerprint density at radius 2 is 2.33 bits per heavy atom. The summed E-state index contributed by atoms with van der Waals surface area (Å²) in [6, 6.07) is 0.508. The fraction of sp³-hybridized carbons (Fsp3) is 0.727. The Bertz CT molecular complexity index is 251. The van der Waals surface area contributed by atoms with Crippen molar-refractivity contribution in [1.82, 2.24) is 10.3 Å². The van der Waals surface area contributed by atoms with E-state index >= 15 is 0 Å². The van der Waals surface area contributed by atoms with Crippen LogP contribution in [0.2, 0.25) is 0 Å². The fourth-order valence-electron chi connectivity index (χ4n) is 1.47. The van der Waals surface area contributed by atoms with Gasteiger partial charge >= 0.3 is 0 Å². The van der Waals surface area contributed by atoms with Gasteiger partial charge < -0.3 is 10.1 Å². The molecule has 2 unspecified atom stereocenters. The molecule has 2 atom stereocenters. The Balaban J connectivity index is 2.30. The second-order valence-corrected chi connectivity index (χ2v) is 4.72. The molecule has 1 heterocycles. The predicted octanol–water partition coefficient (Wildman–Crippen LogP) is 2.09. The van der Waals surface area contributed by atoms with Crippen LogP contribution < -0.4 is 5.32 Å². The number of nitrogens with one attached hydrogen (secondary N) is 1. The predicted molar refractivity (Wildman–Crippen MR) is 64.4 cm³/mol. The van der Waals surface area contributed by atoms with Gasteiger partial charge in [0.1, 0.15) is 0 Å². The lowest BCUT2D eigenvalue weighted by Gasteiger charge is -2.17. The summed E-state index contributed by atoms with van der Waals surface area (Å²) >= 11 is 1.72. The first-order chi connectivity index (χ1) is 7.26. The van der Waals surface area contributed by atoms with Gasteiger partial charge in [-0.1, -0.05) is 0 Å². The number of hydrogen-bond donors (Lipinski definition) is 1. The maximum absolute atomic E-state index is 5.24. The third kappa shape index (κ3) is 4.73. The molecule has 1 N–H and O–H groups in total. The van der Waals surface area contributed by atoms with E-state index in [1.165, 1.54) is 5.01 Å². The van der Waals surface area contributed by atoms with Crippen LogP contribution in [-0.4, -0.2) is 31.3 Å². The van der Waals surface area contributed by atoms with Crippen LogP contribution in [0.5, 0.6) is 0 Å². The van der Waals surface area contributed by atoms with Crippen LogP contribution in [0.15, 0.2) is 11.6 Å². The lowest BCUT2D eigenvalue weighted by molar-refractivity contribution is 0.106. The Labute approximate surface area is 95.9 Å². The molecule has 0 amide bonds. The second-order valence-electron chi connectivity index (χ2n) is 3.74. The third-order valence-corrected chi connectivity index (χ3v) is 3.44. The number of rotatable bonds is 7. The summed E-state index contributed by atoms with van der Waals surface area (Å²) < 4.78 is 5.24. The van der Waals surface area contributed by atoms with E-state index in [1.54, 1.807) is 18.4 Å². The number of aromatic nitrogens is 1. The highest BCUT2D eigenvalue weighted by Crippen LogP contribution is 2.11. The average molecular weight is 228 g/mol. The SMILES string of the molecule is CNC(CCC(C)OC)Cc1nccs1. The molecule has 1 aromatic rings. The summed E-state index contributed by atoms with van der Waals surface area (Å²) in [5.41, 5.74) is 0. The van der Waals surface area contributed by atoms with Crippen LogP contribution in [0.4, 0.5) is 0 Å². The minimum atomic E-state index is 0.345. The van der Waals surface area contributed by atoms with E-state index in [2.05, 4.69) is 17.2 Å². The second kappa shape index (κ2) is 6.93. The number of ether oxygens (including phenoxy) is 1. The number of likely N-dealkylation sites (N-methyl/N-ethyl adjacent to an activating group) is 1. The molecule has 15 heavy (non-hydrogen) atoms. The molecular formula is C11H20N2OS. The molecule has 0 saturated carbocycles. The lowest BCUT2D eigenvalue weighted by Crippen LogP contribution is -2.28. The van der Waals surface area contributed by atoms with Crippen LogP contribution in [0.25, 0.3) is 0 Å². The molecule has 0 spiro atoms. The first kappa shape index (κ1) is 12.6. The van der Waals surface area contributed by atoms with E-state index in [9.17, 15) is 0 Å². The number of methoxy groups -OCH3 is 1. The van der Waals surface area contributed by atoms with E-state index in [0.717, 1.165) is 19.3 Å². The van der Waals surface area contributed by atoms with Crippen LogP contribution >= 0.6 is 11.3 Å². The highest BCUT2D eigenvalue weighted by atomic mass is 32.1. The van der Waals surface area contributed by atoms with Gasteiger partial charge in [0, 0.05) is 31.1 Å². The molecule has 0 saturated heterocycles. The minimum absolute atomic E-state index is 0.345. The van der Waals surface area contributed by atoms with E-state index in [4.69, 9.17) is 4.74 Å². The third-order valence-electron chi connectivity index (χ3n) is 2.64. The molecule has 0 aromatic carbocycles. The highest BCUT2D eigenvalue weighted by Gasteiger charge is 2.10. The molecule has 1 rings (SSSR count). The molecule has 86 valence electrons. The summed E-state index contributed by atoms with van der Waals surface area (Å²) in [5, 5.41) is 6.57. The molecular weight excluding hydrogens is 208 g/mol. The van der Waals surface area contributed by atoms with Crippen molar-refractivity contribution in [3.63, 3.8) is 0 Å². The quantitative estimate of drug-likeness (QED) is 0.776. The minimum Gasteiger partial charge on any atom is -0.382 e. The Morgan fingerprint density at radius 1 is 1.53 bits per heavy atom. The van der Waals surface area contributed by atoms with E-state index in [0.29, 0.717) is 12.1 Å². The standard InChI is InChI=1S/C11H20N2OS/c1-9(14-3)4-5-10(12-2)8-11-13-6-7-15-11/h6-7,9-10,12H,4-5,8H2,1-3H3. The summed E-state index contributed by atoms with van der Waals surface area (Å²) in [4.78, 5) is 4.30. The summed E-state index contributed by atoms with van der Waals surface area (Å²) in [6.07, 6.45) is 5.45. The van der Waals surface area contributed by atoms with E-state index in [-0.39, 0.29) is 0 Å². The van der Waals surface area contributed by atoms with E-state index < -0.39 is 0 Å². The van der Waals surface area contributed by atoms with Gasteiger partial charge in [0.05, 0.1) is 11.1 Å². The Kier molecular flexibility index (Phi) is 5.83. The van der Waals surface area contributed by atoms with Gasteiger partial charge in [0.25, 0.3) is 0 Å². The summed E-state index contributed by atoms with van der Waals surface area (Å²) in [5.74, 6) is 0. The molecule has 0 bridgehead atoms. The molecule has 0 radical (unpaired) electrons. The lowest BCUT2D eigenvalue weighted by atomic mass is 10.1. The number of thiazole rings is 1. The monoisotopic (exact) mass is 228 g/mol. The number of nitrogens with zero attached hydrogens (tertiary/aromatic N) is 1. The molecule has 0 fully saturated rings. The first-order valence-corrected chi connectivity index (χ1v) is 6.22. The molecule has 3 nitrogen and oxygen atoms in total. The van der Waals surface area contributed by atoms with Crippen LogP contribution in [0, 0.1) is 0 Å². The van der Waals surface area contributed by atoms with Gasteiger partial charge in [-0.15, -0.1) is 11.3 Å². The fourth-order valence-corrected chi connectivity index (χ4v) is 2.16. The van der Waals surface area contributed by atoms with Crippen molar-refractivity contribution in [2.45, 2.75) is 38.3 Å². The first-order valence-electron chi connectivity index (χ1n) is 5.34. The van der Waals surface area contributed by atoms with Gasteiger partial charge in [0.2, 0.25) is 0 Å². The van der Waals surface area contributed by atoms with Crippen LogP contribution in [-0.2, 0) is 11.2 Å². The van der Waals surface area contributed by atoms with Crippen molar-refractivity contribution in [3.8, 4) is 0 Å². The van der Waals surface area contributed by atoms with Crippen LogP contribution in [0.3, 0.4) is 0 Å². The van der Waals surface area contributed by atoms with Crippen molar-refractivity contribution >= 4 is 11.3 Å². The molecule has 0 aliphatic carbocycles. The van der Waals surface area contributed by atoms with Crippen molar-refractivity contribution in [3.05, 3.63) is 16.6 Å². The van der Waals surface area contributed by atoms with Gasteiger partial charge in [-0.3, -0.25) is 0 Å². The largest absolute Gasteiger partial charge is 0.382 e. The van der Waals surface area contributed by atoms with Crippen LogP contribution in [0.1, 0.15) is 24.8 Å². The highest BCUT2D eigenvalue weighted by molar-refractivity contribution is 7.09. The molecule has 0 aliphatic rings. The van der Waals surface area contributed by atoms with Crippen molar-refractivity contribution < 1.29 is 4.74 Å². The zero-order valence-corrected chi connectivity index (χ0v) is 10.5. The maximum atomic E-state index is 5.24. The normalized spacial score (nSPS) is 15.1. The Morgan fingerprint density at radius 3 is 2.87 bits per heavy atom. The topological polar surface area (TPSA) is 34.1 Å². The zero-order valence-electron chi connectivity index (χ0n) is 9.69.